The summed E-state index contributed by atoms with van der Waals surface area (Å²) in [6.45, 7) is 9.92. The minimum absolute atomic E-state index is 0.146. The van der Waals surface area contributed by atoms with Crippen LogP contribution in [0.2, 0.25) is 0 Å². The van der Waals surface area contributed by atoms with E-state index in [-0.39, 0.29) is 12.3 Å². The zero-order chi connectivity index (χ0) is 25.6. The van der Waals surface area contributed by atoms with E-state index in [0.717, 1.165) is 16.5 Å². The molecule has 1 aromatic heterocycles. The molecule has 0 spiro atoms. The summed E-state index contributed by atoms with van der Waals surface area (Å²) in [6, 6.07) is 4.40. The van der Waals surface area contributed by atoms with Crippen LogP contribution in [0, 0.1) is 5.92 Å². The van der Waals surface area contributed by atoms with Gasteiger partial charge in [-0.3, -0.25) is 9.59 Å². The maximum Gasteiger partial charge on any atom is 0.408 e. The molecule has 5 N–H and O–H groups in total. The van der Waals surface area contributed by atoms with Gasteiger partial charge in [-0.25, -0.2) is 9.59 Å². The molecule has 0 bridgehead atoms. The van der Waals surface area contributed by atoms with Gasteiger partial charge in [0.25, 0.3) is 0 Å². The van der Waals surface area contributed by atoms with Gasteiger partial charge in [0, 0.05) is 23.5 Å². The van der Waals surface area contributed by atoms with Crippen LogP contribution in [0.3, 0.4) is 0 Å². The zero-order valence-electron chi connectivity index (χ0n) is 20.4. The summed E-state index contributed by atoms with van der Waals surface area (Å²) < 4.78 is 5.30. The van der Waals surface area contributed by atoms with Crippen LogP contribution in [-0.4, -0.2) is 57.7 Å². The summed E-state index contributed by atoms with van der Waals surface area (Å²) in [5, 5.41) is 17.8. The van der Waals surface area contributed by atoms with Crippen molar-refractivity contribution in [3.8, 4) is 0 Å². The number of fused-ring (bicyclic) bond motifs is 1. The van der Waals surface area contributed by atoms with E-state index in [2.05, 4.69) is 20.9 Å². The number of H-pyrrole nitrogens is 1. The third-order valence-corrected chi connectivity index (χ3v) is 5.09. The fourth-order valence-electron chi connectivity index (χ4n) is 3.35. The minimum atomic E-state index is -1.16. The number of rotatable bonds is 9. The van der Waals surface area contributed by atoms with Crippen molar-refractivity contribution in [2.75, 3.05) is 0 Å². The first-order chi connectivity index (χ1) is 15.8. The molecule has 186 valence electrons. The first-order valence-electron chi connectivity index (χ1n) is 11.2. The second kappa shape index (κ2) is 11.0. The fraction of sp³-hybridized carbons (Fsp3) is 0.500. The number of carbonyl (C=O) groups excluding carboxylic acids is 3. The number of carbonyl (C=O) groups is 4. The van der Waals surface area contributed by atoms with Crippen LogP contribution >= 0.6 is 0 Å². The van der Waals surface area contributed by atoms with Crippen molar-refractivity contribution >= 4 is 34.8 Å². The van der Waals surface area contributed by atoms with Crippen molar-refractivity contribution in [1.29, 1.82) is 0 Å². The highest BCUT2D eigenvalue weighted by Crippen LogP contribution is 2.19. The number of hydrogen-bond donors (Lipinski definition) is 5. The van der Waals surface area contributed by atoms with Crippen LogP contribution < -0.4 is 16.0 Å². The van der Waals surface area contributed by atoms with Gasteiger partial charge < -0.3 is 30.8 Å². The number of carboxylic acid groups (broad SMARTS) is 1. The summed E-state index contributed by atoms with van der Waals surface area (Å²) in [4.78, 5) is 52.5. The lowest BCUT2D eigenvalue weighted by Crippen LogP contribution is -2.56. The van der Waals surface area contributed by atoms with Gasteiger partial charge in [-0.2, -0.15) is 0 Å². The van der Waals surface area contributed by atoms with Crippen molar-refractivity contribution in [3.63, 3.8) is 0 Å². The molecule has 0 unspecified atom stereocenters. The molecule has 1 aromatic carbocycles. The third kappa shape index (κ3) is 7.50. The monoisotopic (exact) mass is 474 g/mol. The van der Waals surface area contributed by atoms with Gasteiger partial charge in [-0.15, -0.1) is 0 Å². The van der Waals surface area contributed by atoms with Gasteiger partial charge >= 0.3 is 12.1 Å². The highest BCUT2D eigenvalue weighted by atomic mass is 16.6. The first kappa shape index (κ1) is 26.7. The van der Waals surface area contributed by atoms with Gasteiger partial charge in [-0.1, -0.05) is 32.0 Å². The number of nitrogens with one attached hydrogen (secondary N) is 4. The lowest BCUT2D eigenvalue weighted by molar-refractivity contribution is -0.143. The Hall–Kier alpha value is -3.56. The molecule has 10 heteroatoms. The second-order valence-corrected chi connectivity index (χ2v) is 9.56. The molecule has 0 radical (unpaired) electrons. The van der Waals surface area contributed by atoms with Gasteiger partial charge in [0.1, 0.15) is 23.7 Å². The third-order valence-electron chi connectivity index (χ3n) is 5.09. The fourth-order valence-corrected chi connectivity index (χ4v) is 3.35. The molecule has 0 aliphatic carbocycles. The largest absolute Gasteiger partial charge is 0.480 e. The van der Waals surface area contributed by atoms with E-state index in [1.807, 2.05) is 24.3 Å². The van der Waals surface area contributed by atoms with Gasteiger partial charge in [0.05, 0.1) is 0 Å². The summed E-state index contributed by atoms with van der Waals surface area (Å²) in [5.74, 6) is -2.74. The normalized spacial score (nSPS) is 14.2. The SMILES string of the molecule is CC(C)[C@H](NC(=O)[C@H](C)NC(=O)[C@H](Cc1c[nH]c2ccccc12)NC(=O)OC(C)(C)C)C(=O)O. The molecular formula is C24H34N4O6. The molecule has 34 heavy (non-hydrogen) atoms. The molecule has 2 aromatic rings. The Balaban J connectivity index is 2.18. The topological polar surface area (TPSA) is 150 Å². The number of benzene rings is 1. The van der Waals surface area contributed by atoms with Gasteiger partial charge in [0.15, 0.2) is 0 Å². The minimum Gasteiger partial charge on any atom is -0.480 e. The Bertz CT molecular complexity index is 1040. The average molecular weight is 475 g/mol. The number of carboxylic acids is 1. The lowest BCUT2D eigenvalue weighted by Gasteiger charge is -2.25. The van der Waals surface area contributed by atoms with Crippen LogP contribution in [0.15, 0.2) is 30.5 Å². The van der Waals surface area contributed by atoms with Crippen LogP contribution in [-0.2, 0) is 25.5 Å². The smallest absolute Gasteiger partial charge is 0.408 e. The van der Waals surface area contributed by atoms with Crippen LogP contribution in [0.5, 0.6) is 0 Å². The maximum atomic E-state index is 13.1. The van der Waals surface area contributed by atoms with E-state index >= 15 is 0 Å². The van der Waals surface area contributed by atoms with Crippen LogP contribution in [0.1, 0.15) is 47.1 Å². The Morgan fingerprint density at radius 2 is 1.65 bits per heavy atom. The summed E-state index contributed by atoms with van der Waals surface area (Å²) in [6.07, 6.45) is 1.14. The summed E-state index contributed by atoms with van der Waals surface area (Å²) >= 11 is 0. The Morgan fingerprint density at radius 3 is 2.24 bits per heavy atom. The Morgan fingerprint density at radius 1 is 1.00 bits per heavy atom. The number of ether oxygens (including phenoxy) is 1. The van der Waals surface area contributed by atoms with E-state index in [4.69, 9.17) is 4.74 Å². The molecule has 0 fully saturated rings. The first-order valence-corrected chi connectivity index (χ1v) is 11.2. The molecule has 0 saturated heterocycles. The van der Waals surface area contributed by atoms with Crippen molar-refractivity contribution in [2.24, 2.45) is 5.92 Å². The molecule has 1 heterocycles. The highest BCUT2D eigenvalue weighted by Gasteiger charge is 2.30. The highest BCUT2D eigenvalue weighted by molar-refractivity contribution is 5.93. The van der Waals surface area contributed by atoms with Gasteiger partial charge in [-0.05, 0) is 45.2 Å². The van der Waals surface area contributed by atoms with Crippen molar-refractivity contribution in [3.05, 3.63) is 36.0 Å². The number of amides is 3. The maximum absolute atomic E-state index is 13.1. The number of aliphatic carboxylic acids is 1. The lowest BCUT2D eigenvalue weighted by atomic mass is 10.0. The number of hydrogen-bond acceptors (Lipinski definition) is 5. The molecule has 0 saturated carbocycles. The van der Waals surface area contributed by atoms with E-state index in [1.165, 1.54) is 6.92 Å². The predicted molar refractivity (Wildman–Crippen MR) is 127 cm³/mol. The molecule has 3 amide bonds. The molecular weight excluding hydrogens is 440 g/mol. The summed E-state index contributed by atoms with van der Waals surface area (Å²) in [5.41, 5.74) is 0.923. The van der Waals surface area contributed by atoms with Crippen molar-refractivity contribution in [2.45, 2.75) is 71.7 Å². The number of aromatic nitrogens is 1. The standard InChI is InChI=1S/C24H34N4O6/c1-13(2)19(22(31)32)28-20(29)14(3)26-21(30)18(27-23(33)34-24(4,5)6)11-15-12-25-17-10-8-7-9-16(15)17/h7-10,12-14,18-19,25H,11H2,1-6H3,(H,26,30)(H,27,33)(H,28,29)(H,31,32)/t14-,18-,19-/m0/s1. The van der Waals surface area contributed by atoms with E-state index in [9.17, 15) is 24.3 Å². The Labute approximate surface area is 198 Å². The second-order valence-electron chi connectivity index (χ2n) is 9.56. The quantitative estimate of drug-likeness (QED) is 0.376. The Kier molecular flexibility index (Phi) is 8.67. The summed E-state index contributed by atoms with van der Waals surface area (Å²) in [7, 11) is 0. The van der Waals surface area contributed by atoms with E-state index in [1.54, 1.807) is 40.8 Å². The number of aromatic amines is 1. The van der Waals surface area contributed by atoms with Crippen LogP contribution in [0.25, 0.3) is 10.9 Å². The molecule has 0 aliphatic rings. The molecule has 3 atom stereocenters. The number of para-hydroxylation sites is 1. The predicted octanol–water partition coefficient (Wildman–Crippen LogP) is 2.33. The molecule has 10 nitrogen and oxygen atoms in total. The van der Waals surface area contributed by atoms with Gasteiger partial charge in [0.2, 0.25) is 11.8 Å². The zero-order valence-corrected chi connectivity index (χ0v) is 20.4. The molecule has 0 aliphatic heterocycles. The average Bonchev–Trinajstić information content (AvgIpc) is 3.12. The van der Waals surface area contributed by atoms with E-state index in [0.29, 0.717) is 0 Å². The number of alkyl carbamates (subject to hydrolysis) is 1. The molecule has 2 rings (SSSR count). The van der Waals surface area contributed by atoms with E-state index < -0.39 is 47.6 Å². The van der Waals surface area contributed by atoms with Crippen molar-refractivity contribution in [1.82, 2.24) is 20.9 Å². The van der Waals surface area contributed by atoms with Crippen LogP contribution in [0.4, 0.5) is 4.79 Å². The van der Waals surface area contributed by atoms with Crippen molar-refractivity contribution < 1.29 is 29.0 Å².